The lowest BCUT2D eigenvalue weighted by Gasteiger charge is -2.11. The van der Waals surface area contributed by atoms with Gasteiger partial charge in [0.05, 0.1) is 21.5 Å². The van der Waals surface area contributed by atoms with Gasteiger partial charge in [0.2, 0.25) is 0 Å². The lowest BCUT2D eigenvalue weighted by Crippen LogP contribution is -2.06. The van der Waals surface area contributed by atoms with E-state index in [9.17, 15) is 0 Å². The van der Waals surface area contributed by atoms with E-state index in [1.165, 1.54) is 0 Å². The molecule has 1 heterocycles. The second kappa shape index (κ2) is 5.15. The molecule has 18 heavy (non-hydrogen) atoms. The summed E-state index contributed by atoms with van der Waals surface area (Å²) in [5, 5.41) is 4.52. The molecule has 0 amide bonds. The van der Waals surface area contributed by atoms with Gasteiger partial charge in [-0.25, -0.2) is 4.68 Å². The second-order valence-corrected chi connectivity index (χ2v) is 6.04. The van der Waals surface area contributed by atoms with E-state index in [1.807, 2.05) is 43.7 Å². The van der Waals surface area contributed by atoms with Crippen LogP contribution < -0.4 is 5.73 Å². The highest BCUT2D eigenvalue weighted by Gasteiger charge is 2.13. The van der Waals surface area contributed by atoms with E-state index in [2.05, 4.69) is 37.0 Å². The van der Waals surface area contributed by atoms with E-state index < -0.39 is 0 Å². The van der Waals surface area contributed by atoms with Gasteiger partial charge < -0.3 is 5.73 Å². The van der Waals surface area contributed by atoms with Crippen molar-refractivity contribution in [3.05, 3.63) is 44.1 Å². The smallest absolute Gasteiger partial charge is 0.0791 e. The molecule has 1 aromatic carbocycles. The summed E-state index contributed by atoms with van der Waals surface area (Å²) in [6.07, 6.45) is 0. The van der Waals surface area contributed by atoms with E-state index in [0.29, 0.717) is 0 Å². The highest BCUT2D eigenvalue weighted by Crippen LogP contribution is 2.28. The first kappa shape index (κ1) is 13.8. The molecule has 0 unspecified atom stereocenters. The quantitative estimate of drug-likeness (QED) is 0.864. The van der Waals surface area contributed by atoms with Crippen molar-refractivity contribution in [2.75, 3.05) is 0 Å². The van der Waals surface area contributed by atoms with Gasteiger partial charge in [0.1, 0.15) is 0 Å². The highest BCUT2D eigenvalue weighted by molar-refractivity contribution is 9.11. The standard InChI is InChI=1S/C13H15Br2N3/c1-7(16)10-4-5-12(11(14)6-10)18-9(3)13(15)8(2)17-18/h4-7H,16H2,1-3H3/t7-/m0/s1. The molecule has 0 aliphatic heterocycles. The van der Waals surface area contributed by atoms with Crippen LogP contribution in [-0.2, 0) is 0 Å². The third-order valence-electron chi connectivity index (χ3n) is 2.93. The van der Waals surface area contributed by atoms with Gasteiger partial charge in [-0.1, -0.05) is 6.07 Å². The Hall–Kier alpha value is -0.650. The maximum Gasteiger partial charge on any atom is 0.0791 e. The van der Waals surface area contributed by atoms with Gasteiger partial charge in [0.15, 0.2) is 0 Å². The Labute approximate surface area is 124 Å². The molecule has 0 saturated carbocycles. The highest BCUT2D eigenvalue weighted by atomic mass is 79.9. The van der Waals surface area contributed by atoms with Crippen LogP contribution in [0.5, 0.6) is 0 Å². The molecule has 0 bridgehead atoms. The number of benzene rings is 1. The number of hydrogen-bond acceptors (Lipinski definition) is 2. The molecule has 2 rings (SSSR count). The van der Waals surface area contributed by atoms with Crippen molar-refractivity contribution in [2.24, 2.45) is 5.73 Å². The fraction of sp³-hybridized carbons (Fsp3) is 0.308. The van der Waals surface area contributed by atoms with Crippen LogP contribution in [0.15, 0.2) is 27.1 Å². The predicted octanol–water partition coefficient (Wildman–Crippen LogP) is 4.03. The number of aromatic nitrogens is 2. The number of rotatable bonds is 2. The molecular formula is C13H15Br2N3. The van der Waals surface area contributed by atoms with Crippen LogP contribution in [0.4, 0.5) is 0 Å². The molecule has 3 nitrogen and oxygen atoms in total. The lowest BCUT2D eigenvalue weighted by molar-refractivity contribution is 0.805. The van der Waals surface area contributed by atoms with Crippen LogP contribution in [-0.4, -0.2) is 9.78 Å². The summed E-state index contributed by atoms with van der Waals surface area (Å²) in [6.45, 7) is 6.00. The van der Waals surface area contributed by atoms with Gasteiger partial charge in [-0.3, -0.25) is 0 Å². The Morgan fingerprint density at radius 3 is 2.39 bits per heavy atom. The third kappa shape index (κ3) is 2.39. The Bertz CT molecular complexity index is 588. The molecule has 0 fully saturated rings. The summed E-state index contributed by atoms with van der Waals surface area (Å²) in [6, 6.07) is 6.15. The van der Waals surface area contributed by atoms with Gasteiger partial charge in [-0.05, 0) is 70.3 Å². The topological polar surface area (TPSA) is 43.8 Å². The molecule has 0 aliphatic rings. The molecule has 96 valence electrons. The zero-order valence-electron chi connectivity index (χ0n) is 10.5. The third-order valence-corrected chi connectivity index (χ3v) is 4.71. The van der Waals surface area contributed by atoms with Crippen LogP contribution in [0, 0.1) is 13.8 Å². The van der Waals surface area contributed by atoms with Gasteiger partial charge in [-0.2, -0.15) is 5.10 Å². The molecule has 0 spiro atoms. The SMILES string of the molecule is Cc1nn(-c2ccc([C@H](C)N)cc2Br)c(C)c1Br. The zero-order valence-corrected chi connectivity index (χ0v) is 13.7. The molecule has 2 N–H and O–H groups in total. The maximum absolute atomic E-state index is 5.88. The average molecular weight is 373 g/mol. The molecule has 0 aliphatic carbocycles. The van der Waals surface area contributed by atoms with Crippen molar-refractivity contribution in [2.45, 2.75) is 26.8 Å². The van der Waals surface area contributed by atoms with Gasteiger partial charge >= 0.3 is 0 Å². The van der Waals surface area contributed by atoms with Crippen molar-refractivity contribution in [3.63, 3.8) is 0 Å². The zero-order chi connectivity index (χ0) is 13.4. The monoisotopic (exact) mass is 371 g/mol. The molecule has 2 aromatic rings. The van der Waals surface area contributed by atoms with Crippen molar-refractivity contribution < 1.29 is 0 Å². The molecule has 1 aromatic heterocycles. The summed E-state index contributed by atoms with van der Waals surface area (Å²) < 4.78 is 3.97. The fourth-order valence-electron chi connectivity index (χ4n) is 1.84. The Balaban J connectivity index is 2.54. The summed E-state index contributed by atoms with van der Waals surface area (Å²) in [4.78, 5) is 0. The first-order chi connectivity index (χ1) is 8.41. The minimum Gasteiger partial charge on any atom is -0.324 e. The van der Waals surface area contributed by atoms with Gasteiger partial charge in [0.25, 0.3) is 0 Å². The van der Waals surface area contributed by atoms with Crippen molar-refractivity contribution in [1.82, 2.24) is 9.78 Å². The molecule has 0 saturated heterocycles. The fourth-order valence-corrected chi connectivity index (χ4v) is 2.65. The van der Waals surface area contributed by atoms with E-state index >= 15 is 0 Å². The van der Waals surface area contributed by atoms with Gasteiger partial charge in [0, 0.05) is 10.5 Å². The second-order valence-electron chi connectivity index (χ2n) is 4.40. The molecule has 5 heteroatoms. The van der Waals surface area contributed by atoms with E-state index in [4.69, 9.17) is 5.73 Å². The lowest BCUT2D eigenvalue weighted by atomic mass is 10.1. The minimum atomic E-state index is 0.0301. The van der Waals surface area contributed by atoms with Crippen molar-refractivity contribution >= 4 is 31.9 Å². The van der Waals surface area contributed by atoms with E-state index in [1.54, 1.807) is 0 Å². The summed E-state index contributed by atoms with van der Waals surface area (Å²) in [5.74, 6) is 0. The minimum absolute atomic E-state index is 0.0301. The summed E-state index contributed by atoms with van der Waals surface area (Å²) in [7, 11) is 0. The summed E-state index contributed by atoms with van der Waals surface area (Å²) >= 11 is 7.13. The first-order valence-corrected chi connectivity index (χ1v) is 7.27. The largest absolute Gasteiger partial charge is 0.324 e. The number of aryl methyl sites for hydroxylation is 1. The predicted molar refractivity (Wildman–Crippen MR) is 81.0 cm³/mol. The Morgan fingerprint density at radius 2 is 1.94 bits per heavy atom. The maximum atomic E-state index is 5.88. The number of nitrogens with zero attached hydrogens (tertiary/aromatic N) is 2. The van der Waals surface area contributed by atoms with E-state index in [-0.39, 0.29) is 6.04 Å². The van der Waals surface area contributed by atoms with Crippen molar-refractivity contribution in [1.29, 1.82) is 0 Å². The van der Waals surface area contributed by atoms with Crippen LogP contribution in [0.3, 0.4) is 0 Å². The number of nitrogens with two attached hydrogens (primary N) is 1. The van der Waals surface area contributed by atoms with Crippen LogP contribution >= 0.6 is 31.9 Å². The average Bonchev–Trinajstić information content (AvgIpc) is 2.57. The van der Waals surface area contributed by atoms with Crippen LogP contribution in [0.25, 0.3) is 5.69 Å². The van der Waals surface area contributed by atoms with Gasteiger partial charge in [-0.15, -0.1) is 0 Å². The first-order valence-electron chi connectivity index (χ1n) is 5.69. The Morgan fingerprint density at radius 1 is 1.28 bits per heavy atom. The Kier molecular flexibility index (Phi) is 3.94. The molecule has 0 radical (unpaired) electrons. The van der Waals surface area contributed by atoms with Crippen LogP contribution in [0.1, 0.15) is 29.9 Å². The number of halogens is 2. The molecular weight excluding hydrogens is 358 g/mol. The van der Waals surface area contributed by atoms with Crippen LogP contribution in [0.2, 0.25) is 0 Å². The molecule has 1 atom stereocenters. The summed E-state index contributed by atoms with van der Waals surface area (Å²) in [5.41, 5.74) is 10.1. The normalized spacial score (nSPS) is 12.8. The van der Waals surface area contributed by atoms with E-state index in [0.717, 1.165) is 31.6 Å². The number of hydrogen-bond donors (Lipinski definition) is 1. The van der Waals surface area contributed by atoms with Crippen molar-refractivity contribution in [3.8, 4) is 5.69 Å².